The number of nitrogens with one attached hydrogen (secondary N) is 1. The maximum Gasteiger partial charge on any atom is 0.248 e. The fraction of sp³-hybridized carbons (Fsp3) is 0.611. The van der Waals surface area contributed by atoms with E-state index in [1.54, 1.807) is 12.0 Å². The highest BCUT2D eigenvalue weighted by molar-refractivity contribution is 5.77. The summed E-state index contributed by atoms with van der Waals surface area (Å²) in [5.41, 5.74) is 1.23. The molecule has 1 aromatic carbocycles. The predicted octanol–water partition coefficient (Wildman–Crippen LogP) is 1.11. The van der Waals surface area contributed by atoms with E-state index in [0.29, 0.717) is 12.6 Å². The van der Waals surface area contributed by atoms with Crippen LogP contribution in [0.5, 0.6) is 5.75 Å². The van der Waals surface area contributed by atoms with Crippen molar-refractivity contribution < 1.29 is 14.3 Å². The quantitative estimate of drug-likeness (QED) is 0.875. The Morgan fingerprint density at radius 1 is 1.33 bits per heavy atom. The van der Waals surface area contributed by atoms with Gasteiger partial charge in [-0.3, -0.25) is 4.79 Å². The normalized spacial score (nSPS) is 22.8. The Morgan fingerprint density at radius 2 is 2.12 bits per heavy atom. The molecule has 24 heavy (non-hydrogen) atoms. The number of hydrogen-bond donors (Lipinski definition) is 1. The third-order valence-corrected chi connectivity index (χ3v) is 4.89. The van der Waals surface area contributed by atoms with Crippen molar-refractivity contribution in [1.29, 1.82) is 0 Å². The number of likely N-dealkylation sites (N-methyl/N-ethyl adjacent to an activating group) is 1. The van der Waals surface area contributed by atoms with Crippen molar-refractivity contribution in [3.05, 3.63) is 24.3 Å². The van der Waals surface area contributed by atoms with Crippen LogP contribution in [-0.2, 0) is 9.53 Å². The Bertz CT molecular complexity index is 558. The Morgan fingerprint density at radius 3 is 2.83 bits per heavy atom. The van der Waals surface area contributed by atoms with Crippen LogP contribution in [0.1, 0.15) is 12.8 Å². The lowest BCUT2D eigenvalue weighted by Gasteiger charge is -2.36. The Balaban J connectivity index is 1.43. The van der Waals surface area contributed by atoms with Crippen LogP contribution in [0.25, 0.3) is 0 Å². The van der Waals surface area contributed by atoms with E-state index in [0.717, 1.165) is 38.2 Å². The summed E-state index contributed by atoms with van der Waals surface area (Å²) >= 11 is 0. The SMILES string of the molecule is COc1cccc(N2CCC(NCC3CN(C)C(=O)CO3)CC2)c1. The number of rotatable bonds is 5. The Hall–Kier alpha value is -1.79. The average Bonchev–Trinajstić information content (AvgIpc) is 2.63. The summed E-state index contributed by atoms with van der Waals surface area (Å²) in [7, 11) is 3.54. The van der Waals surface area contributed by atoms with E-state index in [4.69, 9.17) is 9.47 Å². The summed E-state index contributed by atoms with van der Waals surface area (Å²) in [6.45, 7) is 3.76. The van der Waals surface area contributed by atoms with Crippen LogP contribution in [-0.4, -0.2) is 69.9 Å². The Kier molecular flexibility index (Phi) is 5.58. The summed E-state index contributed by atoms with van der Waals surface area (Å²) < 4.78 is 10.9. The summed E-state index contributed by atoms with van der Waals surface area (Å²) in [5, 5.41) is 3.61. The second-order valence-corrected chi connectivity index (χ2v) is 6.58. The van der Waals surface area contributed by atoms with E-state index in [1.807, 2.05) is 19.2 Å². The van der Waals surface area contributed by atoms with E-state index in [2.05, 4.69) is 22.3 Å². The van der Waals surface area contributed by atoms with Crippen LogP contribution >= 0.6 is 0 Å². The molecule has 1 aromatic rings. The molecule has 1 atom stereocenters. The fourth-order valence-electron chi connectivity index (χ4n) is 3.33. The highest BCUT2D eigenvalue weighted by Crippen LogP contribution is 2.24. The van der Waals surface area contributed by atoms with Crippen LogP contribution in [0.3, 0.4) is 0 Å². The molecule has 6 heteroatoms. The maximum atomic E-state index is 11.4. The molecule has 1 N–H and O–H groups in total. The zero-order valence-corrected chi connectivity index (χ0v) is 14.5. The van der Waals surface area contributed by atoms with Gasteiger partial charge in [-0.05, 0) is 25.0 Å². The van der Waals surface area contributed by atoms with Gasteiger partial charge in [0, 0.05) is 51.0 Å². The van der Waals surface area contributed by atoms with Crippen molar-refractivity contribution >= 4 is 11.6 Å². The molecular formula is C18H27N3O3. The molecular weight excluding hydrogens is 306 g/mol. The van der Waals surface area contributed by atoms with Gasteiger partial charge in [-0.25, -0.2) is 0 Å². The molecule has 0 aromatic heterocycles. The van der Waals surface area contributed by atoms with Gasteiger partial charge in [-0.2, -0.15) is 0 Å². The minimum atomic E-state index is 0.0675. The van der Waals surface area contributed by atoms with Gasteiger partial charge >= 0.3 is 0 Å². The lowest BCUT2D eigenvalue weighted by atomic mass is 10.0. The average molecular weight is 333 g/mol. The van der Waals surface area contributed by atoms with Crippen molar-refractivity contribution in [1.82, 2.24) is 10.2 Å². The molecule has 0 bridgehead atoms. The van der Waals surface area contributed by atoms with Crippen LogP contribution in [0, 0.1) is 0 Å². The molecule has 2 fully saturated rings. The van der Waals surface area contributed by atoms with Gasteiger partial charge in [0.2, 0.25) is 5.91 Å². The van der Waals surface area contributed by atoms with Crippen molar-refractivity contribution in [3.8, 4) is 5.75 Å². The molecule has 0 spiro atoms. The second kappa shape index (κ2) is 7.85. The van der Waals surface area contributed by atoms with E-state index >= 15 is 0 Å². The predicted molar refractivity (Wildman–Crippen MR) is 93.6 cm³/mol. The molecule has 1 unspecified atom stereocenters. The van der Waals surface area contributed by atoms with Gasteiger partial charge in [0.05, 0.1) is 13.2 Å². The van der Waals surface area contributed by atoms with Crippen LogP contribution in [0.4, 0.5) is 5.69 Å². The minimum Gasteiger partial charge on any atom is -0.497 e. The van der Waals surface area contributed by atoms with Crippen molar-refractivity contribution in [2.45, 2.75) is 25.0 Å². The lowest BCUT2D eigenvalue weighted by molar-refractivity contribution is -0.146. The number of piperidine rings is 1. The molecule has 0 radical (unpaired) electrons. The zero-order valence-electron chi connectivity index (χ0n) is 14.5. The molecule has 3 rings (SSSR count). The van der Waals surface area contributed by atoms with E-state index in [1.165, 1.54) is 5.69 Å². The van der Waals surface area contributed by atoms with Gasteiger partial charge < -0.3 is 24.6 Å². The summed E-state index contributed by atoms with van der Waals surface area (Å²) in [4.78, 5) is 15.6. The third-order valence-electron chi connectivity index (χ3n) is 4.89. The number of carbonyl (C=O) groups excluding carboxylic acids is 1. The Labute approximate surface area is 143 Å². The molecule has 2 aliphatic heterocycles. The van der Waals surface area contributed by atoms with Gasteiger partial charge in [0.25, 0.3) is 0 Å². The fourth-order valence-corrected chi connectivity index (χ4v) is 3.33. The van der Waals surface area contributed by atoms with E-state index < -0.39 is 0 Å². The van der Waals surface area contributed by atoms with E-state index in [9.17, 15) is 4.79 Å². The molecule has 6 nitrogen and oxygen atoms in total. The number of benzene rings is 1. The number of nitrogens with zero attached hydrogens (tertiary/aromatic N) is 2. The highest BCUT2D eigenvalue weighted by Gasteiger charge is 2.25. The highest BCUT2D eigenvalue weighted by atomic mass is 16.5. The monoisotopic (exact) mass is 333 g/mol. The first-order valence-electron chi connectivity index (χ1n) is 8.63. The van der Waals surface area contributed by atoms with Crippen LogP contribution in [0.2, 0.25) is 0 Å². The number of carbonyl (C=O) groups is 1. The molecule has 2 heterocycles. The smallest absolute Gasteiger partial charge is 0.248 e. The maximum absolute atomic E-state index is 11.4. The first kappa shape index (κ1) is 17.0. The van der Waals surface area contributed by atoms with Gasteiger partial charge in [-0.1, -0.05) is 6.07 Å². The molecule has 0 saturated carbocycles. The first-order chi connectivity index (χ1) is 11.7. The van der Waals surface area contributed by atoms with Crippen molar-refractivity contribution in [3.63, 3.8) is 0 Å². The number of hydrogen-bond acceptors (Lipinski definition) is 5. The largest absolute Gasteiger partial charge is 0.497 e. The number of methoxy groups -OCH3 is 1. The molecule has 2 saturated heterocycles. The zero-order chi connectivity index (χ0) is 16.9. The lowest BCUT2D eigenvalue weighted by Crippen LogP contribution is -2.51. The summed E-state index contributed by atoms with van der Waals surface area (Å²) in [5.74, 6) is 0.971. The molecule has 1 amide bonds. The minimum absolute atomic E-state index is 0.0675. The molecule has 0 aliphatic carbocycles. The van der Waals surface area contributed by atoms with Gasteiger partial charge in [0.15, 0.2) is 0 Å². The topological polar surface area (TPSA) is 54.0 Å². The number of morpholine rings is 1. The first-order valence-corrected chi connectivity index (χ1v) is 8.63. The number of anilines is 1. The second-order valence-electron chi connectivity index (χ2n) is 6.58. The molecule has 2 aliphatic rings. The number of amides is 1. The summed E-state index contributed by atoms with van der Waals surface area (Å²) in [6, 6.07) is 8.76. The third kappa shape index (κ3) is 4.19. The van der Waals surface area contributed by atoms with Crippen LogP contribution < -0.4 is 15.0 Å². The molecule has 132 valence electrons. The van der Waals surface area contributed by atoms with Crippen molar-refractivity contribution in [2.24, 2.45) is 0 Å². The van der Waals surface area contributed by atoms with Crippen molar-refractivity contribution in [2.75, 3.05) is 51.8 Å². The van der Waals surface area contributed by atoms with Gasteiger partial charge in [-0.15, -0.1) is 0 Å². The van der Waals surface area contributed by atoms with Gasteiger partial charge in [0.1, 0.15) is 12.4 Å². The number of ether oxygens (including phenoxy) is 2. The van der Waals surface area contributed by atoms with E-state index in [-0.39, 0.29) is 18.6 Å². The summed E-state index contributed by atoms with van der Waals surface area (Å²) in [6.07, 6.45) is 2.32. The van der Waals surface area contributed by atoms with Crippen LogP contribution in [0.15, 0.2) is 24.3 Å². The standard InChI is InChI=1S/C18H27N3O3/c1-20-12-17(24-13-18(20)22)11-19-14-6-8-21(9-7-14)15-4-3-5-16(10-15)23-2/h3-5,10,14,17,19H,6-9,11-13H2,1-2H3.